The van der Waals surface area contributed by atoms with E-state index >= 15 is 0 Å². The molecule has 0 aliphatic heterocycles. The normalized spacial score (nSPS) is 12.3. The van der Waals surface area contributed by atoms with Gasteiger partial charge >= 0.3 is 12.1 Å². The lowest BCUT2D eigenvalue weighted by molar-refractivity contribution is -0.139. The van der Waals surface area contributed by atoms with E-state index in [4.69, 9.17) is 4.74 Å². The summed E-state index contributed by atoms with van der Waals surface area (Å²) < 4.78 is 49.1. The molecular weight excluding hydrogens is 553 g/mol. The van der Waals surface area contributed by atoms with Gasteiger partial charge in [0.05, 0.1) is 11.4 Å². The van der Waals surface area contributed by atoms with Crippen LogP contribution in [0.25, 0.3) is 11.3 Å². The number of halogens is 3. The van der Waals surface area contributed by atoms with Gasteiger partial charge in [0.25, 0.3) is 5.91 Å². The second-order valence-electron chi connectivity index (χ2n) is 9.47. The number of nitrogens with zero attached hydrogens (tertiary/aromatic N) is 2. The van der Waals surface area contributed by atoms with Crippen molar-refractivity contribution in [2.75, 3.05) is 5.32 Å². The first-order valence-electron chi connectivity index (χ1n) is 12.8. The predicted octanol–water partition coefficient (Wildman–Crippen LogP) is 5.55. The number of aliphatic carboxylic acids is 1. The number of amides is 2. The molecule has 42 heavy (non-hydrogen) atoms. The van der Waals surface area contributed by atoms with Gasteiger partial charge in [0.1, 0.15) is 35.3 Å². The molecule has 4 aromatic rings. The van der Waals surface area contributed by atoms with E-state index in [1.807, 2.05) is 0 Å². The molecule has 2 unspecified atom stereocenters. The van der Waals surface area contributed by atoms with Crippen molar-refractivity contribution < 1.29 is 37.4 Å². The van der Waals surface area contributed by atoms with Crippen LogP contribution < -0.4 is 10.6 Å². The van der Waals surface area contributed by atoms with Crippen LogP contribution in [0.4, 0.5) is 23.7 Å². The maximum Gasteiger partial charge on any atom is 0.412 e. The molecular formula is C30H27F3N4O5. The number of carbonyl (C=O) groups is 3. The number of rotatable bonds is 9. The fraction of sp³-hybridized carbons (Fsp3) is 0.200. The van der Waals surface area contributed by atoms with E-state index in [1.165, 1.54) is 35.0 Å². The van der Waals surface area contributed by atoms with Gasteiger partial charge in [-0.05, 0) is 44.2 Å². The van der Waals surface area contributed by atoms with E-state index in [2.05, 4.69) is 15.7 Å². The van der Waals surface area contributed by atoms with E-state index in [0.717, 1.165) is 18.2 Å². The molecule has 1 heterocycles. The Kier molecular flexibility index (Phi) is 8.94. The van der Waals surface area contributed by atoms with Gasteiger partial charge < -0.3 is 15.2 Å². The van der Waals surface area contributed by atoms with Crippen molar-refractivity contribution in [3.05, 3.63) is 107 Å². The molecule has 0 spiro atoms. The number of carboxylic acid groups (broad SMARTS) is 1. The zero-order valence-electron chi connectivity index (χ0n) is 22.8. The second kappa shape index (κ2) is 12.6. The lowest BCUT2D eigenvalue weighted by atomic mass is 10.0. The summed E-state index contributed by atoms with van der Waals surface area (Å²) in [4.78, 5) is 37.2. The van der Waals surface area contributed by atoms with Gasteiger partial charge in [0, 0.05) is 35.7 Å². The number of carboxylic acids is 1. The monoisotopic (exact) mass is 580 g/mol. The van der Waals surface area contributed by atoms with Crippen molar-refractivity contribution in [2.24, 2.45) is 7.05 Å². The fourth-order valence-electron chi connectivity index (χ4n) is 4.27. The summed E-state index contributed by atoms with van der Waals surface area (Å²) in [7, 11) is 1.67. The summed E-state index contributed by atoms with van der Waals surface area (Å²) in [5, 5.41) is 18.9. The highest BCUT2D eigenvalue weighted by molar-refractivity contribution is 5.97. The maximum atomic E-state index is 14.1. The summed E-state index contributed by atoms with van der Waals surface area (Å²) in [6, 6.07) is 13.4. The first-order valence-corrected chi connectivity index (χ1v) is 12.8. The number of anilines is 1. The zero-order valence-corrected chi connectivity index (χ0v) is 22.8. The maximum absolute atomic E-state index is 14.1. The number of hydrogen-bond acceptors (Lipinski definition) is 5. The second-order valence-corrected chi connectivity index (χ2v) is 9.47. The van der Waals surface area contributed by atoms with Crippen molar-refractivity contribution in [3.63, 3.8) is 0 Å². The van der Waals surface area contributed by atoms with Crippen LogP contribution in [0.2, 0.25) is 0 Å². The quantitative estimate of drug-likeness (QED) is 0.239. The SMILES string of the molecule is Cc1c(NC(=O)OC(C)c2ccccc2F)c(-c2ccc(C(=O)NC(Cc3c(F)cccc3F)C(=O)O)cc2)nn1C. The standard InChI is InChI=1S/C30H27F3N4O5/c1-16-26(35-30(41)42-17(2)20-7-4-5-8-22(20)31)27(36-37(16)3)18-11-13-19(14-12-18)28(38)34-25(29(39)40)15-21-23(32)9-6-10-24(21)33/h4-14,17,25H,15H2,1-3H3,(H,34,38)(H,35,41)(H,39,40). The number of ether oxygens (including phenoxy) is 1. The van der Waals surface area contributed by atoms with Gasteiger partial charge in [0.15, 0.2) is 0 Å². The number of aromatic nitrogens is 2. The van der Waals surface area contributed by atoms with E-state index in [9.17, 15) is 32.7 Å². The Morgan fingerprint density at radius 3 is 2.19 bits per heavy atom. The van der Waals surface area contributed by atoms with Crippen LogP contribution in [0.3, 0.4) is 0 Å². The molecule has 1 aromatic heterocycles. The molecule has 2 atom stereocenters. The predicted molar refractivity (Wildman–Crippen MR) is 147 cm³/mol. The number of hydrogen-bond donors (Lipinski definition) is 3. The molecule has 0 aliphatic carbocycles. The highest BCUT2D eigenvalue weighted by Crippen LogP contribution is 2.31. The topological polar surface area (TPSA) is 123 Å². The van der Waals surface area contributed by atoms with Crippen molar-refractivity contribution in [1.82, 2.24) is 15.1 Å². The lowest BCUT2D eigenvalue weighted by Crippen LogP contribution is -2.42. The van der Waals surface area contributed by atoms with Crippen molar-refractivity contribution in [2.45, 2.75) is 32.4 Å². The molecule has 0 fully saturated rings. The van der Waals surface area contributed by atoms with Gasteiger partial charge in [-0.3, -0.25) is 14.8 Å². The Balaban J connectivity index is 1.49. The number of carbonyl (C=O) groups excluding carboxylic acids is 2. The number of benzene rings is 3. The summed E-state index contributed by atoms with van der Waals surface area (Å²) in [5.41, 5.74) is 1.64. The van der Waals surface area contributed by atoms with Gasteiger partial charge in [-0.2, -0.15) is 5.10 Å². The highest BCUT2D eigenvalue weighted by Gasteiger charge is 2.25. The van der Waals surface area contributed by atoms with Gasteiger partial charge in [0.2, 0.25) is 0 Å². The molecule has 3 aromatic carbocycles. The number of aryl methyl sites for hydroxylation is 1. The molecule has 218 valence electrons. The number of nitrogens with one attached hydrogen (secondary N) is 2. The summed E-state index contributed by atoms with van der Waals surface area (Å²) in [5.74, 6) is -4.57. The van der Waals surface area contributed by atoms with Crippen LogP contribution in [0.15, 0.2) is 66.7 Å². The molecule has 9 nitrogen and oxygen atoms in total. The molecule has 2 amide bonds. The largest absolute Gasteiger partial charge is 0.480 e. The average molecular weight is 581 g/mol. The molecule has 0 aliphatic rings. The van der Waals surface area contributed by atoms with E-state index in [0.29, 0.717) is 22.6 Å². The molecule has 0 saturated carbocycles. The highest BCUT2D eigenvalue weighted by atomic mass is 19.1. The van der Waals surface area contributed by atoms with Crippen LogP contribution in [0.5, 0.6) is 0 Å². The van der Waals surface area contributed by atoms with E-state index in [1.54, 1.807) is 39.1 Å². The van der Waals surface area contributed by atoms with Crippen molar-refractivity contribution in [1.29, 1.82) is 0 Å². The molecule has 0 radical (unpaired) electrons. The van der Waals surface area contributed by atoms with Gasteiger partial charge in [-0.25, -0.2) is 22.8 Å². The summed E-state index contributed by atoms with van der Waals surface area (Å²) in [6.07, 6.45) is -2.29. The first-order chi connectivity index (χ1) is 20.0. The van der Waals surface area contributed by atoms with Crippen molar-refractivity contribution in [3.8, 4) is 11.3 Å². The molecule has 0 saturated heterocycles. The van der Waals surface area contributed by atoms with Crippen LogP contribution in [-0.2, 0) is 23.0 Å². The van der Waals surface area contributed by atoms with Crippen LogP contribution in [0.1, 0.15) is 40.2 Å². The Bertz CT molecular complexity index is 1620. The van der Waals surface area contributed by atoms with Crippen LogP contribution in [-0.4, -0.2) is 38.9 Å². The minimum absolute atomic E-state index is 0.0827. The van der Waals surface area contributed by atoms with Gasteiger partial charge in [-0.15, -0.1) is 0 Å². The minimum Gasteiger partial charge on any atom is -0.480 e. The van der Waals surface area contributed by atoms with Crippen LogP contribution in [0, 0.1) is 24.4 Å². The zero-order chi connectivity index (χ0) is 30.6. The molecule has 12 heteroatoms. The third kappa shape index (κ3) is 6.60. The molecule has 4 rings (SSSR count). The summed E-state index contributed by atoms with van der Waals surface area (Å²) >= 11 is 0. The Hall–Kier alpha value is -5.13. The molecule has 3 N–H and O–H groups in total. The lowest BCUT2D eigenvalue weighted by Gasteiger charge is -2.16. The Morgan fingerprint density at radius 1 is 0.952 bits per heavy atom. The van der Waals surface area contributed by atoms with Crippen LogP contribution >= 0.6 is 0 Å². The summed E-state index contributed by atoms with van der Waals surface area (Å²) in [6.45, 7) is 3.26. The minimum atomic E-state index is -1.59. The smallest absolute Gasteiger partial charge is 0.412 e. The third-order valence-corrected chi connectivity index (χ3v) is 6.68. The van der Waals surface area contributed by atoms with E-state index < -0.39 is 59.6 Å². The first kappa shape index (κ1) is 29.8. The Morgan fingerprint density at radius 2 is 1.57 bits per heavy atom. The third-order valence-electron chi connectivity index (χ3n) is 6.68. The Labute approximate surface area is 238 Å². The van der Waals surface area contributed by atoms with E-state index in [-0.39, 0.29) is 11.1 Å². The van der Waals surface area contributed by atoms with Gasteiger partial charge in [-0.1, -0.05) is 36.4 Å². The van der Waals surface area contributed by atoms with Crippen molar-refractivity contribution >= 4 is 23.7 Å². The fourth-order valence-corrected chi connectivity index (χ4v) is 4.27. The molecule has 0 bridgehead atoms. The average Bonchev–Trinajstić information content (AvgIpc) is 3.22.